The molecule has 0 fully saturated rings. The first-order valence-electron chi connectivity index (χ1n) is 9.60. The number of benzene rings is 2. The minimum Gasteiger partial charge on any atom is -0.350 e. The van der Waals surface area contributed by atoms with Gasteiger partial charge in [0.15, 0.2) is 0 Å². The molecule has 0 saturated heterocycles. The standard InChI is InChI=1S/C23H29ClN2O2S/c1-16-6-8-18(9-7-16)14-26(17(2)22(28)25-23(3,4)5)21(27)15-29-20-12-10-19(24)11-13-20/h6-13,17H,14-15H2,1-5H3,(H,25,28)/t17-/m1/s1. The molecule has 4 nitrogen and oxygen atoms in total. The molecule has 2 rings (SSSR count). The van der Waals surface area contributed by atoms with Gasteiger partial charge in [0, 0.05) is 22.0 Å². The molecule has 0 bridgehead atoms. The SMILES string of the molecule is Cc1ccc(CN(C(=O)CSc2ccc(Cl)cc2)[C@H](C)C(=O)NC(C)(C)C)cc1. The monoisotopic (exact) mass is 432 g/mol. The van der Waals surface area contributed by atoms with Crippen LogP contribution in [0.4, 0.5) is 0 Å². The van der Waals surface area contributed by atoms with Gasteiger partial charge in [-0.2, -0.15) is 0 Å². The summed E-state index contributed by atoms with van der Waals surface area (Å²) in [5, 5.41) is 3.64. The molecule has 0 spiro atoms. The quantitative estimate of drug-likeness (QED) is 0.621. The van der Waals surface area contributed by atoms with Crippen molar-refractivity contribution in [2.75, 3.05) is 5.75 Å². The van der Waals surface area contributed by atoms with E-state index >= 15 is 0 Å². The largest absolute Gasteiger partial charge is 0.350 e. The van der Waals surface area contributed by atoms with Crippen molar-refractivity contribution in [2.45, 2.75) is 57.6 Å². The minimum atomic E-state index is -0.575. The Morgan fingerprint density at radius 2 is 1.66 bits per heavy atom. The maximum atomic E-state index is 13.1. The van der Waals surface area contributed by atoms with Gasteiger partial charge >= 0.3 is 0 Å². The Labute approximate surface area is 183 Å². The normalized spacial score (nSPS) is 12.3. The highest BCUT2D eigenvalue weighted by Crippen LogP contribution is 2.22. The average molecular weight is 433 g/mol. The summed E-state index contributed by atoms with van der Waals surface area (Å²) in [5.74, 6) is 0.0113. The second-order valence-electron chi connectivity index (χ2n) is 8.17. The van der Waals surface area contributed by atoms with Gasteiger partial charge in [0.2, 0.25) is 11.8 Å². The number of thioether (sulfide) groups is 1. The van der Waals surface area contributed by atoms with Crippen LogP contribution in [0.15, 0.2) is 53.4 Å². The highest BCUT2D eigenvalue weighted by molar-refractivity contribution is 8.00. The summed E-state index contributed by atoms with van der Waals surface area (Å²) >= 11 is 7.37. The van der Waals surface area contributed by atoms with Crippen molar-refractivity contribution in [3.8, 4) is 0 Å². The van der Waals surface area contributed by atoms with E-state index in [2.05, 4.69) is 5.32 Å². The predicted octanol–water partition coefficient (Wildman–Crippen LogP) is 5.07. The maximum absolute atomic E-state index is 13.1. The summed E-state index contributed by atoms with van der Waals surface area (Å²) in [6.45, 7) is 9.98. The van der Waals surface area contributed by atoms with Crippen LogP contribution in [0.25, 0.3) is 0 Å². The third-order valence-electron chi connectivity index (χ3n) is 4.31. The minimum absolute atomic E-state index is 0.0814. The van der Waals surface area contributed by atoms with E-state index in [4.69, 9.17) is 11.6 Å². The Bertz CT molecular complexity index is 829. The third-order valence-corrected chi connectivity index (χ3v) is 5.56. The molecule has 2 aromatic carbocycles. The molecule has 0 heterocycles. The Morgan fingerprint density at radius 1 is 1.07 bits per heavy atom. The zero-order valence-corrected chi connectivity index (χ0v) is 19.2. The molecule has 0 aromatic heterocycles. The van der Waals surface area contributed by atoms with Crippen molar-refractivity contribution in [1.29, 1.82) is 0 Å². The Kier molecular flexibility index (Phi) is 8.17. The van der Waals surface area contributed by atoms with Gasteiger partial charge in [0.25, 0.3) is 0 Å². The van der Waals surface area contributed by atoms with Crippen molar-refractivity contribution in [2.24, 2.45) is 0 Å². The molecule has 0 aliphatic rings. The second-order valence-corrected chi connectivity index (χ2v) is 9.65. The van der Waals surface area contributed by atoms with Crippen LogP contribution in [0.5, 0.6) is 0 Å². The number of carbonyl (C=O) groups excluding carboxylic acids is 2. The third kappa shape index (κ3) is 7.75. The molecule has 156 valence electrons. The molecule has 29 heavy (non-hydrogen) atoms. The number of aryl methyl sites for hydroxylation is 1. The van der Waals surface area contributed by atoms with E-state index in [1.54, 1.807) is 24.0 Å². The predicted molar refractivity (Wildman–Crippen MR) is 121 cm³/mol. The first kappa shape index (κ1) is 23.3. The lowest BCUT2D eigenvalue weighted by atomic mass is 10.1. The fraction of sp³-hybridized carbons (Fsp3) is 0.391. The number of amides is 2. The molecule has 1 N–H and O–H groups in total. The molecular weight excluding hydrogens is 404 g/mol. The van der Waals surface area contributed by atoms with E-state index in [0.29, 0.717) is 11.6 Å². The van der Waals surface area contributed by atoms with Crippen LogP contribution < -0.4 is 5.32 Å². The van der Waals surface area contributed by atoms with Crippen LogP contribution in [-0.4, -0.2) is 34.0 Å². The fourth-order valence-electron chi connectivity index (χ4n) is 2.71. The first-order valence-corrected chi connectivity index (χ1v) is 11.0. The summed E-state index contributed by atoms with van der Waals surface area (Å²) in [4.78, 5) is 28.4. The number of nitrogens with one attached hydrogen (secondary N) is 1. The second kappa shape index (κ2) is 10.2. The van der Waals surface area contributed by atoms with Gasteiger partial charge in [-0.3, -0.25) is 9.59 Å². The Hall–Kier alpha value is -1.98. The molecule has 1 atom stereocenters. The number of rotatable bonds is 7. The van der Waals surface area contributed by atoms with Crippen LogP contribution in [0, 0.1) is 6.92 Å². The van der Waals surface area contributed by atoms with Crippen molar-refractivity contribution < 1.29 is 9.59 Å². The zero-order valence-electron chi connectivity index (χ0n) is 17.7. The van der Waals surface area contributed by atoms with Gasteiger partial charge in [-0.1, -0.05) is 41.4 Å². The van der Waals surface area contributed by atoms with E-state index in [0.717, 1.165) is 16.0 Å². The average Bonchev–Trinajstić information content (AvgIpc) is 2.65. The van der Waals surface area contributed by atoms with Gasteiger partial charge in [-0.05, 0) is 64.4 Å². The van der Waals surface area contributed by atoms with E-state index in [-0.39, 0.29) is 23.1 Å². The summed E-state index contributed by atoms with van der Waals surface area (Å²) in [6.07, 6.45) is 0. The van der Waals surface area contributed by atoms with Crippen LogP contribution in [0.3, 0.4) is 0 Å². The topological polar surface area (TPSA) is 49.4 Å². The summed E-state index contributed by atoms with van der Waals surface area (Å²) in [5.41, 5.74) is 1.79. The smallest absolute Gasteiger partial charge is 0.242 e. The highest BCUT2D eigenvalue weighted by Gasteiger charge is 2.28. The van der Waals surface area contributed by atoms with Gasteiger partial charge in [0.05, 0.1) is 5.75 Å². The van der Waals surface area contributed by atoms with E-state index in [1.165, 1.54) is 11.8 Å². The number of hydrogen-bond acceptors (Lipinski definition) is 3. The number of hydrogen-bond donors (Lipinski definition) is 1. The van der Waals surface area contributed by atoms with Crippen LogP contribution >= 0.6 is 23.4 Å². The molecule has 0 unspecified atom stereocenters. The van der Waals surface area contributed by atoms with Gasteiger partial charge in [-0.15, -0.1) is 11.8 Å². The number of halogens is 1. The molecule has 0 radical (unpaired) electrons. The van der Waals surface area contributed by atoms with Crippen LogP contribution in [0.2, 0.25) is 5.02 Å². The highest BCUT2D eigenvalue weighted by atomic mass is 35.5. The van der Waals surface area contributed by atoms with Crippen LogP contribution in [0.1, 0.15) is 38.8 Å². The lowest BCUT2D eigenvalue weighted by molar-refractivity contribution is -0.139. The molecule has 2 aromatic rings. The van der Waals surface area contributed by atoms with E-state index in [1.807, 2.05) is 64.1 Å². The molecule has 6 heteroatoms. The van der Waals surface area contributed by atoms with Crippen LogP contribution in [-0.2, 0) is 16.1 Å². The Morgan fingerprint density at radius 3 is 2.21 bits per heavy atom. The van der Waals surface area contributed by atoms with Crippen molar-refractivity contribution in [3.05, 3.63) is 64.7 Å². The molecular formula is C23H29ClN2O2S. The molecule has 2 amide bonds. The number of carbonyl (C=O) groups is 2. The lowest BCUT2D eigenvalue weighted by Gasteiger charge is -2.31. The summed E-state index contributed by atoms with van der Waals surface area (Å²) in [6, 6.07) is 14.8. The summed E-state index contributed by atoms with van der Waals surface area (Å²) in [7, 11) is 0. The van der Waals surface area contributed by atoms with Crippen molar-refractivity contribution in [3.63, 3.8) is 0 Å². The zero-order chi connectivity index (χ0) is 21.6. The van der Waals surface area contributed by atoms with Gasteiger partial charge in [0.1, 0.15) is 6.04 Å². The van der Waals surface area contributed by atoms with Crippen molar-refractivity contribution in [1.82, 2.24) is 10.2 Å². The molecule has 0 saturated carbocycles. The molecule has 0 aliphatic heterocycles. The van der Waals surface area contributed by atoms with E-state index in [9.17, 15) is 9.59 Å². The molecule has 0 aliphatic carbocycles. The van der Waals surface area contributed by atoms with E-state index < -0.39 is 6.04 Å². The van der Waals surface area contributed by atoms with Gasteiger partial charge in [-0.25, -0.2) is 0 Å². The number of nitrogens with zero attached hydrogens (tertiary/aromatic N) is 1. The van der Waals surface area contributed by atoms with Gasteiger partial charge < -0.3 is 10.2 Å². The Balaban J connectivity index is 2.15. The summed E-state index contributed by atoms with van der Waals surface area (Å²) < 4.78 is 0. The lowest BCUT2D eigenvalue weighted by Crippen LogP contribution is -2.52. The fourth-order valence-corrected chi connectivity index (χ4v) is 3.62. The maximum Gasteiger partial charge on any atom is 0.242 e. The van der Waals surface area contributed by atoms with Crippen molar-refractivity contribution >= 4 is 35.2 Å². The first-order chi connectivity index (χ1) is 13.5.